The summed E-state index contributed by atoms with van der Waals surface area (Å²) >= 11 is 0. The zero-order valence-electron chi connectivity index (χ0n) is 16.9. The van der Waals surface area contributed by atoms with Crippen molar-refractivity contribution in [1.29, 1.82) is 0 Å². The van der Waals surface area contributed by atoms with Gasteiger partial charge in [-0.1, -0.05) is 25.5 Å². The van der Waals surface area contributed by atoms with Gasteiger partial charge in [-0.2, -0.15) is 0 Å². The number of hydrogen-bond acceptors (Lipinski definition) is 4. The smallest absolute Gasteiger partial charge is 0.261 e. The maximum absolute atomic E-state index is 12.6. The summed E-state index contributed by atoms with van der Waals surface area (Å²) in [6.45, 7) is 2.92. The fraction of sp³-hybridized carbons (Fsp3) is 0.348. The lowest BCUT2D eigenvalue weighted by Crippen LogP contribution is -2.31. The zero-order chi connectivity index (χ0) is 20.8. The van der Waals surface area contributed by atoms with E-state index in [-0.39, 0.29) is 23.3 Å². The number of fused-ring (bicyclic) bond motifs is 1. The van der Waals surface area contributed by atoms with E-state index in [0.717, 1.165) is 19.3 Å². The lowest BCUT2D eigenvalue weighted by Gasteiger charge is -2.12. The van der Waals surface area contributed by atoms with Crippen LogP contribution in [0.15, 0.2) is 42.5 Å². The molecule has 0 saturated carbocycles. The van der Waals surface area contributed by atoms with Crippen molar-refractivity contribution in [2.24, 2.45) is 0 Å². The molecular weight excluding hydrogens is 368 g/mol. The van der Waals surface area contributed by atoms with Crippen molar-refractivity contribution >= 4 is 23.4 Å². The predicted octanol–water partition coefficient (Wildman–Crippen LogP) is 3.91. The molecule has 0 spiro atoms. The van der Waals surface area contributed by atoms with E-state index in [2.05, 4.69) is 12.2 Å². The van der Waals surface area contributed by atoms with Gasteiger partial charge in [-0.15, -0.1) is 0 Å². The number of hydrogen-bond donors (Lipinski definition) is 1. The summed E-state index contributed by atoms with van der Waals surface area (Å²) in [6, 6.07) is 12.4. The maximum atomic E-state index is 12.6. The fourth-order valence-electron chi connectivity index (χ4n) is 3.34. The van der Waals surface area contributed by atoms with Crippen LogP contribution < -0.4 is 5.32 Å². The molecule has 0 unspecified atom stereocenters. The number of carbonyl (C=O) groups is 3. The Labute approximate surface area is 170 Å². The van der Waals surface area contributed by atoms with E-state index in [1.165, 1.54) is 16.5 Å². The van der Waals surface area contributed by atoms with Crippen LogP contribution >= 0.6 is 0 Å². The Morgan fingerprint density at radius 3 is 2.41 bits per heavy atom. The van der Waals surface area contributed by atoms with Gasteiger partial charge in [0.15, 0.2) is 0 Å². The molecule has 1 aliphatic heterocycles. The average molecular weight is 394 g/mol. The number of anilines is 1. The van der Waals surface area contributed by atoms with E-state index in [9.17, 15) is 14.4 Å². The second kappa shape index (κ2) is 9.47. The summed E-state index contributed by atoms with van der Waals surface area (Å²) in [7, 11) is 1.58. The number of carbonyl (C=O) groups excluding carboxylic acids is 3. The number of benzene rings is 2. The zero-order valence-corrected chi connectivity index (χ0v) is 16.9. The molecule has 1 aliphatic rings. The van der Waals surface area contributed by atoms with Crippen LogP contribution in [-0.4, -0.2) is 42.9 Å². The number of imide groups is 1. The number of aryl methyl sites for hydroxylation is 1. The van der Waals surface area contributed by atoms with E-state index in [1.807, 2.05) is 24.3 Å². The van der Waals surface area contributed by atoms with E-state index in [0.29, 0.717) is 36.4 Å². The Hall–Kier alpha value is -2.99. The van der Waals surface area contributed by atoms with E-state index >= 15 is 0 Å². The van der Waals surface area contributed by atoms with E-state index in [4.69, 9.17) is 4.74 Å². The molecule has 2 aromatic rings. The molecule has 3 rings (SSSR count). The van der Waals surface area contributed by atoms with Gasteiger partial charge < -0.3 is 10.1 Å². The molecule has 29 heavy (non-hydrogen) atoms. The van der Waals surface area contributed by atoms with Gasteiger partial charge in [-0.3, -0.25) is 19.3 Å². The normalized spacial score (nSPS) is 13.0. The van der Waals surface area contributed by atoms with Crippen LogP contribution in [0, 0.1) is 0 Å². The number of rotatable bonds is 9. The molecule has 1 heterocycles. The number of methoxy groups -OCH3 is 1. The predicted molar refractivity (Wildman–Crippen MR) is 111 cm³/mol. The molecule has 0 saturated heterocycles. The van der Waals surface area contributed by atoms with Gasteiger partial charge in [0.05, 0.1) is 11.1 Å². The van der Waals surface area contributed by atoms with Gasteiger partial charge >= 0.3 is 0 Å². The molecule has 0 atom stereocenters. The summed E-state index contributed by atoms with van der Waals surface area (Å²) in [6.07, 6.45) is 3.87. The third kappa shape index (κ3) is 4.71. The van der Waals surface area contributed by atoms with Crippen molar-refractivity contribution in [2.75, 3.05) is 25.6 Å². The molecule has 6 heteroatoms. The van der Waals surface area contributed by atoms with Crippen molar-refractivity contribution in [3.8, 4) is 0 Å². The highest BCUT2D eigenvalue weighted by atomic mass is 16.5. The average Bonchev–Trinajstić information content (AvgIpc) is 2.97. The quantitative estimate of drug-likeness (QED) is 0.517. The van der Waals surface area contributed by atoms with Gasteiger partial charge in [0.2, 0.25) is 0 Å². The molecule has 0 aliphatic carbocycles. The second-order valence-electron chi connectivity index (χ2n) is 7.12. The van der Waals surface area contributed by atoms with Gasteiger partial charge in [-0.05, 0) is 55.2 Å². The summed E-state index contributed by atoms with van der Waals surface area (Å²) < 4.78 is 4.98. The lowest BCUT2D eigenvalue weighted by molar-refractivity contribution is 0.0638. The van der Waals surface area contributed by atoms with Crippen LogP contribution in [0.3, 0.4) is 0 Å². The maximum Gasteiger partial charge on any atom is 0.261 e. The lowest BCUT2D eigenvalue weighted by atomic mass is 10.0. The Morgan fingerprint density at radius 1 is 1.00 bits per heavy atom. The van der Waals surface area contributed by atoms with Gasteiger partial charge in [0.25, 0.3) is 17.7 Å². The summed E-state index contributed by atoms with van der Waals surface area (Å²) in [5, 5.41) is 2.85. The first-order chi connectivity index (χ1) is 14.0. The van der Waals surface area contributed by atoms with Crippen molar-refractivity contribution in [2.45, 2.75) is 32.6 Å². The molecule has 2 aromatic carbocycles. The Balaban J connectivity index is 1.69. The Morgan fingerprint density at radius 2 is 1.72 bits per heavy atom. The monoisotopic (exact) mass is 394 g/mol. The summed E-state index contributed by atoms with van der Waals surface area (Å²) in [5.74, 6) is -1.00. The van der Waals surface area contributed by atoms with Gasteiger partial charge in [0.1, 0.15) is 0 Å². The van der Waals surface area contributed by atoms with Crippen molar-refractivity contribution in [3.05, 3.63) is 64.7 Å². The summed E-state index contributed by atoms with van der Waals surface area (Å²) in [5.41, 5.74) is 2.89. The molecular formula is C23H26N2O4. The number of nitrogens with zero attached hydrogens (tertiary/aromatic N) is 1. The number of unbranched alkanes of at least 4 members (excludes halogenated alkanes) is 1. The van der Waals surface area contributed by atoms with Crippen LogP contribution in [0.25, 0.3) is 0 Å². The molecule has 6 nitrogen and oxygen atoms in total. The largest absolute Gasteiger partial charge is 0.385 e. The Kier molecular flexibility index (Phi) is 6.77. The first-order valence-electron chi connectivity index (χ1n) is 9.94. The molecule has 0 fully saturated rings. The minimum Gasteiger partial charge on any atom is -0.385 e. The molecule has 1 N–H and O–H groups in total. The van der Waals surface area contributed by atoms with Crippen molar-refractivity contribution < 1.29 is 19.1 Å². The van der Waals surface area contributed by atoms with Crippen molar-refractivity contribution in [1.82, 2.24) is 4.90 Å². The molecule has 0 aromatic heterocycles. The highest BCUT2D eigenvalue weighted by Gasteiger charge is 2.35. The topological polar surface area (TPSA) is 75.7 Å². The SMILES string of the molecule is CCCCc1ccc(NC(=O)c2ccc3c(c2)C(=O)N(CCCOC)C3=O)cc1. The van der Waals surface area contributed by atoms with Crippen molar-refractivity contribution in [3.63, 3.8) is 0 Å². The molecule has 152 valence electrons. The number of amides is 3. The van der Waals surface area contributed by atoms with Gasteiger partial charge in [-0.25, -0.2) is 0 Å². The van der Waals surface area contributed by atoms with Crippen LogP contribution in [0.4, 0.5) is 5.69 Å². The number of nitrogens with one attached hydrogen (secondary N) is 1. The van der Waals surface area contributed by atoms with Crippen LogP contribution in [0.2, 0.25) is 0 Å². The minimum atomic E-state index is -0.365. The van der Waals surface area contributed by atoms with E-state index < -0.39 is 0 Å². The van der Waals surface area contributed by atoms with E-state index in [1.54, 1.807) is 19.2 Å². The first-order valence-corrected chi connectivity index (χ1v) is 9.94. The third-order valence-corrected chi connectivity index (χ3v) is 4.99. The second-order valence-corrected chi connectivity index (χ2v) is 7.12. The first kappa shape index (κ1) is 20.7. The molecule has 0 bridgehead atoms. The molecule has 3 amide bonds. The van der Waals surface area contributed by atoms with Gasteiger partial charge in [0, 0.05) is 31.5 Å². The highest BCUT2D eigenvalue weighted by molar-refractivity contribution is 6.22. The molecule has 0 radical (unpaired) electrons. The van der Waals surface area contributed by atoms with Crippen LogP contribution in [-0.2, 0) is 11.2 Å². The van der Waals surface area contributed by atoms with Crippen LogP contribution in [0.1, 0.15) is 62.8 Å². The Bertz CT molecular complexity index is 906. The highest BCUT2D eigenvalue weighted by Crippen LogP contribution is 2.25. The minimum absolute atomic E-state index is 0.273. The summed E-state index contributed by atoms with van der Waals surface area (Å²) in [4.78, 5) is 38.9. The fourth-order valence-corrected chi connectivity index (χ4v) is 3.34. The number of ether oxygens (including phenoxy) is 1. The standard InChI is InChI=1S/C23H26N2O4/c1-3-4-6-16-7-10-18(11-8-16)24-21(26)17-9-12-19-20(15-17)23(28)25(22(19)27)13-5-14-29-2/h7-12,15H,3-6,13-14H2,1-2H3,(H,24,26). The third-order valence-electron chi connectivity index (χ3n) is 4.99. The van der Waals surface area contributed by atoms with Crippen LogP contribution in [0.5, 0.6) is 0 Å².